The Morgan fingerprint density at radius 2 is 0.812 bits per heavy atom. The van der Waals surface area contributed by atoms with Gasteiger partial charge >= 0.3 is 41.8 Å². The minimum absolute atomic E-state index is 0.0434. The third-order valence-electron chi connectivity index (χ3n) is 9.69. The third-order valence-corrected chi connectivity index (χ3v) is 9.69. The Labute approximate surface area is 371 Å². The van der Waals surface area contributed by atoms with E-state index < -0.39 is 86.7 Å². The zero-order valence-corrected chi connectivity index (χ0v) is 36.7. The van der Waals surface area contributed by atoms with Crippen molar-refractivity contribution in [3.8, 4) is 11.5 Å². The molecule has 0 spiro atoms. The SMILES string of the molecule is CCCCCOC(=O)COC(=O)C(C)c1ccc2cc(OC(=O)COC(=O)COCCOCC(=O)Oc3ccc4ccc(C(C)C(=O)OCC(=O)OCCCCC)cc4c3)ccc2c1. The molecule has 0 radical (unpaired) electrons. The molecule has 0 amide bonds. The van der Waals surface area contributed by atoms with Crippen LogP contribution in [-0.2, 0) is 66.7 Å². The molecule has 4 rings (SSSR count). The van der Waals surface area contributed by atoms with Crippen molar-refractivity contribution >= 4 is 63.3 Å². The van der Waals surface area contributed by atoms with Crippen LogP contribution >= 0.6 is 0 Å². The zero-order valence-electron chi connectivity index (χ0n) is 36.7. The number of carbonyl (C=O) groups excluding carboxylic acids is 7. The van der Waals surface area contributed by atoms with Crippen LogP contribution in [0.3, 0.4) is 0 Å². The van der Waals surface area contributed by atoms with Crippen LogP contribution < -0.4 is 9.47 Å². The van der Waals surface area contributed by atoms with Gasteiger partial charge in [0.2, 0.25) is 0 Å². The number of carbonyl (C=O) groups is 7. The summed E-state index contributed by atoms with van der Waals surface area (Å²) in [6.07, 6.45) is 5.39. The first-order chi connectivity index (χ1) is 30.9. The van der Waals surface area contributed by atoms with Gasteiger partial charge in [0, 0.05) is 0 Å². The second-order valence-electron chi connectivity index (χ2n) is 14.8. The highest BCUT2D eigenvalue weighted by atomic mass is 16.6. The van der Waals surface area contributed by atoms with Gasteiger partial charge in [0.25, 0.3) is 0 Å². The lowest BCUT2D eigenvalue weighted by Crippen LogP contribution is -2.22. The number of benzene rings is 4. The van der Waals surface area contributed by atoms with Crippen LogP contribution in [-0.4, -0.2) is 101 Å². The molecule has 344 valence electrons. The molecule has 2 atom stereocenters. The molecule has 0 fully saturated rings. The number of rotatable bonds is 27. The first-order valence-corrected chi connectivity index (χ1v) is 21.3. The summed E-state index contributed by atoms with van der Waals surface area (Å²) in [4.78, 5) is 85.8. The summed E-state index contributed by atoms with van der Waals surface area (Å²) in [7, 11) is 0. The molecule has 0 bridgehead atoms. The minimum atomic E-state index is -0.818. The maximum absolute atomic E-state index is 12.6. The van der Waals surface area contributed by atoms with Crippen molar-refractivity contribution in [1.29, 1.82) is 0 Å². The smallest absolute Gasteiger partial charge is 0.349 e. The van der Waals surface area contributed by atoms with E-state index in [0.29, 0.717) is 16.5 Å². The lowest BCUT2D eigenvalue weighted by Gasteiger charge is -2.13. The molecule has 0 aliphatic rings. The van der Waals surface area contributed by atoms with Gasteiger partial charge in [-0.25, -0.2) is 24.0 Å². The molecule has 0 aliphatic carbocycles. The monoisotopic (exact) mass is 888 g/mol. The molecule has 0 saturated heterocycles. The Bertz CT molecular complexity index is 2210. The first kappa shape index (κ1) is 50.3. The molecule has 16 heteroatoms. The molecule has 0 N–H and O–H groups in total. The van der Waals surface area contributed by atoms with E-state index in [1.807, 2.05) is 19.9 Å². The molecule has 4 aromatic rings. The summed E-state index contributed by atoms with van der Waals surface area (Å²) in [6.45, 7) is 5.44. The van der Waals surface area contributed by atoms with E-state index in [9.17, 15) is 33.6 Å². The molecular weight excluding hydrogens is 833 g/mol. The van der Waals surface area contributed by atoms with Gasteiger partial charge in [-0.2, -0.15) is 0 Å². The highest BCUT2D eigenvalue weighted by molar-refractivity contribution is 5.89. The fourth-order valence-electron chi connectivity index (χ4n) is 6.02. The van der Waals surface area contributed by atoms with Crippen LogP contribution in [0.4, 0.5) is 0 Å². The number of hydrogen-bond donors (Lipinski definition) is 0. The van der Waals surface area contributed by atoms with Crippen LogP contribution in [0.5, 0.6) is 11.5 Å². The topological polar surface area (TPSA) is 203 Å². The summed E-state index contributed by atoms with van der Waals surface area (Å²) >= 11 is 0. The average molecular weight is 889 g/mol. The zero-order chi connectivity index (χ0) is 46.3. The predicted molar refractivity (Wildman–Crippen MR) is 231 cm³/mol. The van der Waals surface area contributed by atoms with E-state index in [0.717, 1.165) is 54.7 Å². The number of ether oxygens (including phenoxy) is 9. The number of fused-ring (bicyclic) bond motifs is 2. The maximum Gasteiger partial charge on any atom is 0.349 e. The van der Waals surface area contributed by atoms with Gasteiger partial charge in [0.1, 0.15) is 24.7 Å². The minimum Gasteiger partial charge on any atom is -0.463 e. The Hall–Kier alpha value is -6.39. The summed E-state index contributed by atoms with van der Waals surface area (Å²) in [5, 5.41) is 3.03. The second kappa shape index (κ2) is 26.9. The van der Waals surface area contributed by atoms with Crippen LogP contribution in [0, 0.1) is 0 Å². The molecule has 0 aromatic heterocycles. The van der Waals surface area contributed by atoms with Gasteiger partial charge in [-0.05, 0) is 83.6 Å². The van der Waals surface area contributed by atoms with Gasteiger partial charge in [-0.3, -0.25) is 9.59 Å². The van der Waals surface area contributed by atoms with Crippen LogP contribution in [0.15, 0.2) is 72.8 Å². The van der Waals surface area contributed by atoms with Crippen LogP contribution in [0.25, 0.3) is 21.5 Å². The summed E-state index contributed by atoms with van der Waals surface area (Å²) in [6, 6.07) is 20.6. The van der Waals surface area contributed by atoms with Crippen molar-refractivity contribution in [3.05, 3.63) is 83.9 Å². The molecule has 2 unspecified atom stereocenters. The van der Waals surface area contributed by atoms with E-state index >= 15 is 0 Å². The standard InChI is InChI=1S/C48H56O16/c1-5-7-9-19-58-43(50)29-61-47(54)32(3)35-13-14-38-25-40(18-16-37(38)23-35)64-46(53)31-60-42(49)27-56-21-22-57-28-45(52)63-41-17-15-34-11-12-36(24-39(34)26-41)33(4)48(55)62-30-44(51)59-20-10-8-6-2/h11-18,23-26,32-33H,5-10,19-22,27-31H2,1-4H3. The third kappa shape index (κ3) is 17.4. The molecule has 0 saturated carbocycles. The van der Waals surface area contributed by atoms with Gasteiger partial charge in [-0.1, -0.05) is 88.1 Å². The van der Waals surface area contributed by atoms with Gasteiger partial charge in [0.15, 0.2) is 19.8 Å². The Balaban J connectivity index is 1.10. The van der Waals surface area contributed by atoms with E-state index in [1.54, 1.807) is 80.6 Å². The maximum atomic E-state index is 12.6. The largest absolute Gasteiger partial charge is 0.463 e. The lowest BCUT2D eigenvalue weighted by molar-refractivity contribution is -0.159. The predicted octanol–water partition coefficient (Wildman–Crippen LogP) is 6.84. The van der Waals surface area contributed by atoms with Crippen molar-refractivity contribution in [2.24, 2.45) is 0 Å². The van der Waals surface area contributed by atoms with Crippen molar-refractivity contribution in [2.45, 2.75) is 78.1 Å². The fraction of sp³-hybridized carbons (Fsp3) is 0.438. The van der Waals surface area contributed by atoms with Gasteiger partial charge < -0.3 is 42.6 Å². The average Bonchev–Trinajstić information content (AvgIpc) is 3.29. The van der Waals surface area contributed by atoms with E-state index in [-0.39, 0.29) is 37.9 Å². The number of unbranched alkanes of at least 4 members (excludes halogenated alkanes) is 4. The molecule has 16 nitrogen and oxygen atoms in total. The molecular formula is C48H56O16. The second-order valence-corrected chi connectivity index (χ2v) is 14.8. The van der Waals surface area contributed by atoms with Crippen molar-refractivity contribution in [3.63, 3.8) is 0 Å². The Kier molecular flexibility index (Phi) is 21.2. The highest BCUT2D eigenvalue weighted by Gasteiger charge is 2.21. The van der Waals surface area contributed by atoms with Crippen LogP contribution in [0.2, 0.25) is 0 Å². The first-order valence-electron chi connectivity index (χ1n) is 21.3. The van der Waals surface area contributed by atoms with Gasteiger partial charge in [0.05, 0.1) is 38.3 Å². The summed E-state index contributed by atoms with van der Waals surface area (Å²) < 4.78 is 46.6. The van der Waals surface area contributed by atoms with Gasteiger partial charge in [-0.15, -0.1) is 0 Å². The van der Waals surface area contributed by atoms with Crippen LogP contribution in [0.1, 0.15) is 89.2 Å². The normalized spacial score (nSPS) is 11.9. The van der Waals surface area contributed by atoms with Crippen molar-refractivity contribution in [2.75, 3.05) is 59.5 Å². The highest BCUT2D eigenvalue weighted by Crippen LogP contribution is 2.28. The fourth-order valence-corrected chi connectivity index (χ4v) is 6.02. The molecule has 0 heterocycles. The lowest BCUT2D eigenvalue weighted by atomic mass is 9.98. The van der Waals surface area contributed by atoms with Crippen molar-refractivity contribution < 1.29 is 76.2 Å². The van der Waals surface area contributed by atoms with Crippen molar-refractivity contribution in [1.82, 2.24) is 0 Å². The van der Waals surface area contributed by atoms with E-state index in [2.05, 4.69) is 0 Å². The molecule has 64 heavy (non-hydrogen) atoms. The van der Waals surface area contributed by atoms with E-state index in [4.69, 9.17) is 42.6 Å². The Morgan fingerprint density at radius 1 is 0.406 bits per heavy atom. The summed E-state index contributed by atoms with van der Waals surface area (Å²) in [5.41, 5.74) is 1.31. The van der Waals surface area contributed by atoms with E-state index in [1.165, 1.54) is 0 Å². The number of hydrogen-bond acceptors (Lipinski definition) is 16. The molecule has 4 aromatic carbocycles. The number of esters is 7. The Morgan fingerprint density at radius 3 is 1.36 bits per heavy atom. The molecule has 0 aliphatic heterocycles. The summed E-state index contributed by atoms with van der Waals surface area (Å²) in [5.74, 6) is -5.48. The quantitative estimate of drug-likeness (QED) is 0.0260.